The first-order chi connectivity index (χ1) is 9.16. The Morgan fingerprint density at radius 2 is 1.79 bits per heavy atom. The van der Waals surface area contributed by atoms with Crippen LogP contribution < -0.4 is 5.46 Å². The molecule has 0 saturated heterocycles. The third-order valence-electron chi connectivity index (χ3n) is 2.73. The monoisotopic (exact) mass is 292 g/mol. The molecule has 2 nitrogen and oxygen atoms in total. The Morgan fingerprint density at radius 3 is 2.53 bits per heavy atom. The highest BCUT2D eigenvalue weighted by Crippen LogP contribution is 2.22. The Kier molecular flexibility index (Phi) is 5.34. The molecule has 0 fully saturated rings. The van der Waals surface area contributed by atoms with E-state index in [4.69, 9.17) is 21.6 Å². The number of thioether (sulfide) groups is 1. The Balaban J connectivity index is 1.93. The van der Waals surface area contributed by atoms with Gasteiger partial charge < -0.3 is 10.0 Å². The van der Waals surface area contributed by atoms with Gasteiger partial charge in [-0.2, -0.15) is 11.8 Å². The topological polar surface area (TPSA) is 40.5 Å². The molecule has 98 valence electrons. The van der Waals surface area contributed by atoms with Crippen LogP contribution in [0.25, 0.3) is 0 Å². The fourth-order valence-electron chi connectivity index (χ4n) is 1.74. The van der Waals surface area contributed by atoms with Crippen LogP contribution in [0.2, 0.25) is 5.02 Å². The third kappa shape index (κ3) is 4.28. The van der Waals surface area contributed by atoms with E-state index >= 15 is 0 Å². The number of halogens is 1. The Hall–Kier alpha value is -0.935. The highest BCUT2D eigenvalue weighted by atomic mass is 35.5. The second kappa shape index (κ2) is 7.01. The minimum Gasteiger partial charge on any atom is -0.423 e. The van der Waals surface area contributed by atoms with Gasteiger partial charge in [-0.1, -0.05) is 54.1 Å². The average Bonchev–Trinajstić information content (AvgIpc) is 2.41. The number of hydrogen-bond acceptors (Lipinski definition) is 3. The summed E-state index contributed by atoms with van der Waals surface area (Å²) >= 11 is 7.84. The zero-order chi connectivity index (χ0) is 13.7. The fraction of sp³-hybridized carbons (Fsp3) is 0.143. The fourth-order valence-corrected chi connectivity index (χ4v) is 3.01. The molecule has 2 aromatic rings. The van der Waals surface area contributed by atoms with Crippen LogP contribution in [0.3, 0.4) is 0 Å². The molecule has 5 heteroatoms. The van der Waals surface area contributed by atoms with Crippen molar-refractivity contribution in [2.24, 2.45) is 0 Å². The van der Waals surface area contributed by atoms with Gasteiger partial charge in [0.2, 0.25) is 0 Å². The molecule has 2 rings (SSSR count). The smallest absolute Gasteiger partial charge is 0.423 e. The zero-order valence-electron chi connectivity index (χ0n) is 10.3. The van der Waals surface area contributed by atoms with E-state index in [1.54, 1.807) is 17.8 Å². The molecule has 0 aliphatic rings. The molecule has 19 heavy (non-hydrogen) atoms. The maximum atomic E-state index is 9.12. The summed E-state index contributed by atoms with van der Waals surface area (Å²) in [5.41, 5.74) is 2.71. The molecule has 0 radical (unpaired) electrons. The molecule has 0 heterocycles. The van der Waals surface area contributed by atoms with Gasteiger partial charge in [0, 0.05) is 16.5 Å². The first-order valence-corrected chi connectivity index (χ1v) is 7.46. The van der Waals surface area contributed by atoms with Crippen LogP contribution in [0.1, 0.15) is 11.1 Å². The van der Waals surface area contributed by atoms with Gasteiger partial charge in [-0.25, -0.2) is 0 Å². The van der Waals surface area contributed by atoms with Crippen LogP contribution in [-0.2, 0) is 11.5 Å². The Labute approximate surface area is 122 Å². The van der Waals surface area contributed by atoms with E-state index in [1.807, 2.05) is 42.5 Å². The van der Waals surface area contributed by atoms with Crippen molar-refractivity contribution in [1.29, 1.82) is 0 Å². The summed E-state index contributed by atoms with van der Waals surface area (Å²) in [6.07, 6.45) is 0. The molecule has 0 aromatic heterocycles. The molecular formula is C14H14BClO2S. The minimum absolute atomic E-state index is 0.524. The van der Waals surface area contributed by atoms with Crippen LogP contribution in [0.4, 0.5) is 0 Å². The predicted molar refractivity (Wildman–Crippen MR) is 82.7 cm³/mol. The van der Waals surface area contributed by atoms with Crippen molar-refractivity contribution in [1.82, 2.24) is 0 Å². The quantitative estimate of drug-likeness (QED) is 0.832. The second-order valence-corrected chi connectivity index (χ2v) is 5.60. The molecule has 2 N–H and O–H groups in total. The first kappa shape index (κ1) is 14.5. The summed E-state index contributed by atoms with van der Waals surface area (Å²) < 4.78 is 0. The van der Waals surface area contributed by atoms with E-state index in [-0.39, 0.29) is 0 Å². The lowest BCUT2D eigenvalue weighted by Crippen LogP contribution is -2.29. The number of rotatable bonds is 5. The van der Waals surface area contributed by atoms with Gasteiger partial charge in [-0.15, -0.1) is 0 Å². The van der Waals surface area contributed by atoms with E-state index in [0.29, 0.717) is 5.46 Å². The van der Waals surface area contributed by atoms with Crippen molar-refractivity contribution in [2.45, 2.75) is 11.5 Å². The van der Waals surface area contributed by atoms with Gasteiger partial charge in [0.15, 0.2) is 0 Å². The van der Waals surface area contributed by atoms with Crippen molar-refractivity contribution in [3.05, 3.63) is 64.7 Å². The standard InChI is InChI=1S/C14H14BClO2S/c16-14-7-2-1-5-12(14)10-19-9-11-4-3-6-13(8-11)15(17)18/h1-8,17-18H,9-10H2. The van der Waals surface area contributed by atoms with Crippen molar-refractivity contribution >= 4 is 35.9 Å². The SMILES string of the molecule is OB(O)c1cccc(CSCc2ccccc2Cl)c1. The lowest BCUT2D eigenvalue weighted by molar-refractivity contribution is 0.425. The predicted octanol–water partition coefficient (Wildman–Crippen LogP) is 2.45. The van der Waals surface area contributed by atoms with Gasteiger partial charge in [-0.3, -0.25) is 0 Å². The van der Waals surface area contributed by atoms with Crippen LogP contribution in [0.5, 0.6) is 0 Å². The second-order valence-electron chi connectivity index (χ2n) is 4.20. The Bertz CT molecular complexity index is 548. The van der Waals surface area contributed by atoms with Gasteiger partial charge in [0.05, 0.1) is 0 Å². The van der Waals surface area contributed by atoms with Crippen LogP contribution in [0, 0.1) is 0 Å². The molecule has 0 aliphatic heterocycles. The summed E-state index contributed by atoms with van der Waals surface area (Å²) in [7, 11) is -1.41. The number of benzene rings is 2. The summed E-state index contributed by atoms with van der Waals surface area (Å²) in [5.74, 6) is 1.65. The molecular weight excluding hydrogens is 278 g/mol. The number of hydrogen-bond donors (Lipinski definition) is 2. The highest BCUT2D eigenvalue weighted by Gasteiger charge is 2.10. The van der Waals surface area contributed by atoms with E-state index < -0.39 is 7.12 Å². The lowest BCUT2D eigenvalue weighted by atomic mass is 9.80. The molecule has 0 aliphatic carbocycles. The average molecular weight is 293 g/mol. The Morgan fingerprint density at radius 1 is 1.00 bits per heavy atom. The van der Waals surface area contributed by atoms with Crippen molar-refractivity contribution in [3.63, 3.8) is 0 Å². The lowest BCUT2D eigenvalue weighted by Gasteiger charge is -2.06. The van der Waals surface area contributed by atoms with E-state index in [9.17, 15) is 0 Å². The minimum atomic E-state index is -1.41. The molecule has 0 saturated carbocycles. The van der Waals surface area contributed by atoms with Crippen LogP contribution in [0.15, 0.2) is 48.5 Å². The summed E-state index contributed by atoms with van der Waals surface area (Å²) in [6.45, 7) is 0. The van der Waals surface area contributed by atoms with Crippen molar-refractivity contribution < 1.29 is 10.0 Å². The molecule has 0 atom stereocenters. The van der Waals surface area contributed by atoms with Crippen LogP contribution >= 0.6 is 23.4 Å². The molecule has 0 unspecified atom stereocenters. The maximum Gasteiger partial charge on any atom is 0.488 e. The van der Waals surface area contributed by atoms with E-state index in [0.717, 1.165) is 27.7 Å². The summed E-state index contributed by atoms with van der Waals surface area (Å²) in [6, 6.07) is 15.1. The van der Waals surface area contributed by atoms with Gasteiger partial charge in [0.1, 0.15) is 0 Å². The van der Waals surface area contributed by atoms with Gasteiger partial charge in [0.25, 0.3) is 0 Å². The maximum absolute atomic E-state index is 9.12. The van der Waals surface area contributed by atoms with E-state index in [1.165, 1.54) is 0 Å². The van der Waals surface area contributed by atoms with Gasteiger partial charge in [-0.05, 0) is 22.7 Å². The van der Waals surface area contributed by atoms with Gasteiger partial charge >= 0.3 is 7.12 Å². The normalized spacial score (nSPS) is 10.5. The highest BCUT2D eigenvalue weighted by molar-refractivity contribution is 7.97. The van der Waals surface area contributed by atoms with Crippen molar-refractivity contribution in [3.8, 4) is 0 Å². The first-order valence-electron chi connectivity index (χ1n) is 5.93. The third-order valence-corrected chi connectivity index (χ3v) is 4.15. The van der Waals surface area contributed by atoms with Crippen molar-refractivity contribution in [2.75, 3.05) is 0 Å². The largest absolute Gasteiger partial charge is 0.488 e. The molecule has 0 bridgehead atoms. The molecule has 0 spiro atoms. The van der Waals surface area contributed by atoms with E-state index in [2.05, 4.69) is 0 Å². The van der Waals surface area contributed by atoms with Crippen LogP contribution in [-0.4, -0.2) is 17.2 Å². The zero-order valence-corrected chi connectivity index (χ0v) is 11.9. The molecule has 0 amide bonds. The summed E-state index contributed by atoms with van der Waals surface area (Å²) in [4.78, 5) is 0. The molecule has 2 aromatic carbocycles. The summed E-state index contributed by atoms with van der Waals surface area (Å²) in [5, 5.41) is 19.0.